The summed E-state index contributed by atoms with van der Waals surface area (Å²) in [6, 6.07) is 9.87. The van der Waals surface area contributed by atoms with Crippen molar-refractivity contribution < 1.29 is 4.21 Å². The van der Waals surface area contributed by atoms with Gasteiger partial charge in [0.1, 0.15) is 0 Å². The molecule has 0 saturated heterocycles. The summed E-state index contributed by atoms with van der Waals surface area (Å²) in [5.74, 6) is 0. The number of hydrogen-bond acceptors (Lipinski definition) is 1. The molecule has 1 aromatic carbocycles. The lowest BCUT2D eigenvalue weighted by atomic mass is 10.4. The van der Waals surface area contributed by atoms with Gasteiger partial charge >= 0.3 is 0 Å². The highest BCUT2D eigenvalue weighted by Crippen LogP contribution is 2.28. The summed E-state index contributed by atoms with van der Waals surface area (Å²) >= 11 is 0. The fraction of sp³-hybridized carbons (Fsp3) is 0.500. The number of benzene rings is 1. The van der Waals surface area contributed by atoms with E-state index < -0.39 is 9.93 Å². The van der Waals surface area contributed by atoms with E-state index in [1.165, 1.54) is 0 Å². The second-order valence-corrected chi connectivity index (χ2v) is 8.23. The average molecular weight is 212 g/mol. The average Bonchev–Trinajstić information content (AvgIpc) is 2.17. The first-order chi connectivity index (χ1) is 6.49. The molecule has 0 aromatic heterocycles. The van der Waals surface area contributed by atoms with Gasteiger partial charge in [0.15, 0.2) is 0 Å². The second kappa shape index (κ2) is 4.26. The van der Waals surface area contributed by atoms with Crippen LogP contribution in [0.4, 0.5) is 0 Å². The Bertz CT molecular complexity index is 315. The van der Waals surface area contributed by atoms with Gasteiger partial charge in [-0.1, -0.05) is 55.8 Å². The third-order valence-electron chi connectivity index (χ3n) is 2.69. The minimum absolute atomic E-state index is 0.227. The van der Waals surface area contributed by atoms with E-state index in [1.807, 2.05) is 58.0 Å². The molecule has 1 aromatic rings. The molecule has 0 heterocycles. The minimum Gasteiger partial charge on any atom is -0.280 e. The maximum Gasteiger partial charge on any atom is 0.0151 e. The highest BCUT2D eigenvalue weighted by Gasteiger charge is 2.25. The van der Waals surface area contributed by atoms with Crippen molar-refractivity contribution in [1.82, 2.24) is 0 Å². The van der Waals surface area contributed by atoms with Crippen LogP contribution in [-0.2, 0) is 9.93 Å². The summed E-state index contributed by atoms with van der Waals surface area (Å²) in [5.41, 5.74) is 0. The van der Waals surface area contributed by atoms with E-state index in [1.54, 1.807) is 0 Å². The van der Waals surface area contributed by atoms with E-state index in [0.717, 1.165) is 4.90 Å². The van der Waals surface area contributed by atoms with Gasteiger partial charge in [-0.2, -0.15) is 0 Å². The molecule has 0 unspecified atom stereocenters. The van der Waals surface area contributed by atoms with E-state index in [2.05, 4.69) is 0 Å². The first-order valence-corrected chi connectivity index (χ1v) is 6.99. The summed E-state index contributed by atoms with van der Waals surface area (Å²) in [5, 5.41) is 0.454. The molecule has 14 heavy (non-hydrogen) atoms. The molecule has 0 aliphatic heterocycles. The van der Waals surface area contributed by atoms with Crippen LogP contribution in [0, 0.1) is 0 Å². The molecule has 80 valence electrons. The molecule has 1 nitrogen and oxygen atoms in total. The highest BCUT2D eigenvalue weighted by atomic mass is 32.2. The molecule has 0 atom stereocenters. The third-order valence-corrected chi connectivity index (χ3v) is 6.87. The lowest BCUT2D eigenvalue weighted by molar-refractivity contribution is 0.653. The van der Waals surface area contributed by atoms with Gasteiger partial charge in [0.25, 0.3) is 0 Å². The van der Waals surface area contributed by atoms with Gasteiger partial charge in [-0.25, -0.2) is 0 Å². The van der Waals surface area contributed by atoms with E-state index >= 15 is 0 Å². The van der Waals surface area contributed by atoms with Crippen molar-refractivity contribution in [2.45, 2.75) is 43.1 Å². The molecule has 0 aliphatic carbocycles. The number of thiol groups is 1. The zero-order chi connectivity index (χ0) is 10.8. The van der Waals surface area contributed by atoms with E-state index in [4.69, 9.17) is 0 Å². The van der Waals surface area contributed by atoms with Crippen LogP contribution in [0.3, 0.4) is 0 Å². The Hall–Kier alpha value is -0.630. The van der Waals surface area contributed by atoms with Crippen LogP contribution >= 0.6 is 0 Å². The lowest BCUT2D eigenvalue weighted by Crippen LogP contribution is -2.32. The van der Waals surface area contributed by atoms with Crippen LogP contribution in [-0.4, -0.2) is 14.7 Å². The van der Waals surface area contributed by atoms with Crippen molar-refractivity contribution in [1.29, 1.82) is 0 Å². The smallest absolute Gasteiger partial charge is 0.0151 e. The molecule has 1 rings (SSSR count). The van der Waals surface area contributed by atoms with Crippen molar-refractivity contribution in [3.8, 4) is 0 Å². The summed E-state index contributed by atoms with van der Waals surface area (Å²) in [6.45, 7) is 8.20. The van der Waals surface area contributed by atoms with Crippen LogP contribution in [0.5, 0.6) is 0 Å². The van der Waals surface area contributed by atoms with Crippen LogP contribution in [0.15, 0.2) is 35.2 Å². The van der Waals surface area contributed by atoms with Gasteiger partial charge in [0, 0.05) is 15.4 Å². The van der Waals surface area contributed by atoms with E-state index in [9.17, 15) is 4.21 Å². The second-order valence-electron chi connectivity index (χ2n) is 4.23. The summed E-state index contributed by atoms with van der Waals surface area (Å²) in [7, 11) is -2.22. The lowest BCUT2D eigenvalue weighted by Gasteiger charge is -2.32. The molecule has 0 saturated carbocycles. The molecular weight excluding hydrogens is 192 g/mol. The molecule has 0 fully saturated rings. The SMILES string of the molecule is CC(C)[SH](=O)(c1ccccc1)C(C)C. The minimum atomic E-state index is -2.22. The Kier molecular flexibility index (Phi) is 3.48. The zero-order valence-electron chi connectivity index (χ0n) is 9.40. The normalized spacial score (nSPS) is 13.6. The van der Waals surface area contributed by atoms with Gasteiger partial charge in [-0.05, 0) is 12.1 Å². The molecule has 0 spiro atoms. The molecule has 0 N–H and O–H groups in total. The fourth-order valence-corrected chi connectivity index (χ4v) is 4.88. The monoisotopic (exact) mass is 212 g/mol. The molecule has 0 aliphatic rings. The van der Waals surface area contributed by atoms with Gasteiger partial charge in [0.05, 0.1) is 0 Å². The van der Waals surface area contributed by atoms with Crippen molar-refractivity contribution >= 4 is 9.93 Å². The Morgan fingerprint density at radius 2 is 1.36 bits per heavy atom. The molecular formula is C12H20OS. The van der Waals surface area contributed by atoms with Crippen molar-refractivity contribution in [3.05, 3.63) is 30.3 Å². The molecule has 2 heteroatoms. The van der Waals surface area contributed by atoms with Crippen molar-refractivity contribution in [2.24, 2.45) is 0 Å². The largest absolute Gasteiger partial charge is 0.280 e. The summed E-state index contributed by atoms with van der Waals surface area (Å²) in [4.78, 5) is 1.02. The zero-order valence-corrected chi connectivity index (χ0v) is 10.3. The van der Waals surface area contributed by atoms with Crippen LogP contribution < -0.4 is 0 Å². The Morgan fingerprint density at radius 1 is 0.929 bits per heavy atom. The Labute approximate surface area is 88.0 Å². The Morgan fingerprint density at radius 3 is 1.71 bits per heavy atom. The van der Waals surface area contributed by atoms with Gasteiger partial charge < -0.3 is 0 Å². The predicted octanol–water partition coefficient (Wildman–Crippen LogP) is 2.88. The van der Waals surface area contributed by atoms with Gasteiger partial charge in [-0.3, -0.25) is 4.21 Å². The maximum atomic E-state index is 12.8. The molecule has 0 radical (unpaired) electrons. The topological polar surface area (TPSA) is 17.1 Å². The summed E-state index contributed by atoms with van der Waals surface area (Å²) < 4.78 is 12.8. The van der Waals surface area contributed by atoms with Crippen LogP contribution in [0.25, 0.3) is 0 Å². The van der Waals surface area contributed by atoms with Crippen LogP contribution in [0.2, 0.25) is 0 Å². The van der Waals surface area contributed by atoms with Gasteiger partial charge in [-0.15, -0.1) is 0 Å². The fourth-order valence-electron chi connectivity index (χ4n) is 1.85. The molecule has 0 amide bonds. The third kappa shape index (κ3) is 1.90. The van der Waals surface area contributed by atoms with Crippen LogP contribution in [0.1, 0.15) is 27.7 Å². The van der Waals surface area contributed by atoms with E-state index in [-0.39, 0.29) is 10.5 Å². The Balaban J connectivity index is 3.21. The first-order valence-electron chi connectivity index (χ1n) is 5.14. The first kappa shape index (κ1) is 11.4. The van der Waals surface area contributed by atoms with Gasteiger partial charge in [0.2, 0.25) is 0 Å². The summed E-state index contributed by atoms with van der Waals surface area (Å²) in [6.07, 6.45) is 0. The van der Waals surface area contributed by atoms with E-state index in [0.29, 0.717) is 0 Å². The van der Waals surface area contributed by atoms with Crippen molar-refractivity contribution in [2.75, 3.05) is 0 Å². The highest BCUT2D eigenvalue weighted by molar-refractivity contribution is 8.04. The quantitative estimate of drug-likeness (QED) is 0.762. The predicted molar refractivity (Wildman–Crippen MR) is 64.5 cm³/mol. The standard InChI is InChI=1S/C12H20OS/c1-10(2)14(13,11(3)4)12-8-6-5-7-9-12/h5-11,14H,1-4H3. The molecule has 0 bridgehead atoms. The number of hydrogen-bond donors (Lipinski definition) is 1. The number of rotatable bonds is 3. The maximum absolute atomic E-state index is 12.8. The van der Waals surface area contributed by atoms with Crippen molar-refractivity contribution in [3.63, 3.8) is 0 Å².